The number of rotatable bonds is 4. The van der Waals surface area contributed by atoms with Gasteiger partial charge in [0.05, 0.1) is 22.8 Å². The monoisotopic (exact) mass is 484 g/mol. The lowest BCUT2D eigenvalue weighted by Gasteiger charge is -2.33. The van der Waals surface area contributed by atoms with Crippen LogP contribution in [0.25, 0.3) is 0 Å². The number of aromatic nitrogens is 3. The number of nitrogens with two attached hydrogens (primary N) is 1. The number of hydrogen-bond donors (Lipinski definition) is 2. The standard InChI is InChI=1S/C20H14ClF5N6O/c21-11-6-13(23)15(29-7-11)18(33)30-14-5-10(1-2-12(14)20(24,25)26)19(8-22)9-32-4-3-28-17(32)16(27)31-19/h1-7H,8-9H2,(H2,27,31)(H,30,33). The molecule has 1 aliphatic heterocycles. The maximum Gasteiger partial charge on any atom is 0.418 e. The van der Waals surface area contributed by atoms with E-state index in [2.05, 4.69) is 15.0 Å². The van der Waals surface area contributed by atoms with Crippen LogP contribution in [0, 0.1) is 5.82 Å². The van der Waals surface area contributed by atoms with E-state index in [4.69, 9.17) is 17.3 Å². The molecule has 1 unspecified atom stereocenters. The van der Waals surface area contributed by atoms with E-state index in [1.54, 1.807) is 0 Å². The number of imidazole rings is 1. The summed E-state index contributed by atoms with van der Waals surface area (Å²) in [6, 6.07) is 3.47. The molecule has 3 heterocycles. The number of anilines is 1. The number of alkyl halides is 4. The highest BCUT2D eigenvalue weighted by Crippen LogP contribution is 2.40. The number of aliphatic imine (C=N–C) groups is 1. The third-order valence-corrected chi connectivity index (χ3v) is 5.27. The molecule has 0 spiro atoms. The van der Waals surface area contributed by atoms with Gasteiger partial charge in [0.15, 0.2) is 23.2 Å². The SMILES string of the molecule is NC1=NC(CF)(c2ccc(C(F)(F)F)c(NC(=O)c3ncc(Cl)cc3F)c2)Cn2ccnc21. The number of nitrogens with zero attached hydrogens (tertiary/aromatic N) is 4. The summed E-state index contributed by atoms with van der Waals surface area (Å²) >= 11 is 5.60. The van der Waals surface area contributed by atoms with Gasteiger partial charge >= 0.3 is 6.18 Å². The highest BCUT2D eigenvalue weighted by Gasteiger charge is 2.40. The minimum atomic E-state index is -4.87. The summed E-state index contributed by atoms with van der Waals surface area (Å²) in [6.45, 7) is -1.19. The summed E-state index contributed by atoms with van der Waals surface area (Å²) in [5.41, 5.74) is 1.54. The molecule has 0 fully saturated rings. The van der Waals surface area contributed by atoms with Crippen molar-refractivity contribution >= 4 is 29.0 Å². The summed E-state index contributed by atoms with van der Waals surface area (Å²) in [4.78, 5) is 24.2. The fourth-order valence-electron chi connectivity index (χ4n) is 3.52. The molecule has 13 heteroatoms. The molecule has 3 aromatic rings. The quantitative estimate of drug-likeness (QED) is 0.548. The molecule has 0 saturated heterocycles. The topological polar surface area (TPSA) is 98.2 Å². The molecule has 0 radical (unpaired) electrons. The Morgan fingerprint density at radius 1 is 1.27 bits per heavy atom. The van der Waals surface area contributed by atoms with Gasteiger partial charge in [-0.05, 0) is 23.8 Å². The van der Waals surface area contributed by atoms with Crippen LogP contribution in [0.5, 0.6) is 0 Å². The number of pyridine rings is 1. The van der Waals surface area contributed by atoms with Crippen molar-refractivity contribution in [3.8, 4) is 0 Å². The number of amidine groups is 1. The first-order valence-electron chi connectivity index (χ1n) is 9.31. The van der Waals surface area contributed by atoms with E-state index in [-0.39, 0.29) is 23.0 Å². The molecule has 172 valence electrons. The molecule has 0 aliphatic carbocycles. The van der Waals surface area contributed by atoms with Crippen molar-refractivity contribution in [3.63, 3.8) is 0 Å². The van der Waals surface area contributed by atoms with Crippen LogP contribution in [0.1, 0.15) is 27.4 Å². The molecule has 1 aliphatic rings. The van der Waals surface area contributed by atoms with Gasteiger partial charge in [0.25, 0.3) is 5.91 Å². The minimum Gasteiger partial charge on any atom is -0.381 e. The predicted molar refractivity (Wildman–Crippen MR) is 109 cm³/mol. The first kappa shape index (κ1) is 22.6. The first-order valence-corrected chi connectivity index (χ1v) is 9.69. The molecule has 1 atom stereocenters. The number of carbonyl (C=O) groups excluding carboxylic acids is 1. The Labute approximate surface area is 188 Å². The normalized spacial score (nSPS) is 17.9. The van der Waals surface area contributed by atoms with Gasteiger partial charge in [0.2, 0.25) is 0 Å². The van der Waals surface area contributed by atoms with E-state index >= 15 is 0 Å². The maximum atomic E-state index is 14.3. The van der Waals surface area contributed by atoms with Crippen LogP contribution in [0.2, 0.25) is 5.02 Å². The van der Waals surface area contributed by atoms with Crippen LogP contribution in [0.4, 0.5) is 27.6 Å². The Bertz CT molecular complexity index is 1270. The van der Waals surface area contributed by atoms with Crippen LogP contribution in [-0.2, 0) is 18.3 Å². The highest BCUT2D eigenvalue weighted by atomic mass is 35.5. The summed E-state index contributed by atoms with van der Waals surface area (Å²) in [7, 11) is 0. The summed E-state index contributed by atoms with van der Waals surface area (Å²) in [5, 5.41) is 1.92. The Hall–Kier alpha value is -3.54. The van der Waals surface area contributed by atoms with Crippen molar-refractivity contribution in [2.24, 2.45) is 10.7 Å². The molecule has 4 rings (SSSR count). The van der Waals surface area contributed by atoms with E-state index in [1.807, 2.05) is 5.32 Å². The van der Waals surface area contributed by atoms with Crippen molar-refractivity contribution in [1.29, 1.82) is 0 Å². The molecule has 1 amide bonds. The van der Waals surface area contributed by atoms with E-state index < -0.39 is 47.1 Å². The van der Waals surface area contributed by atoms with Crippen molar-refractivity contribution in [3.05, 3.63) is 76.3 Å². The lowest BCUT2D eigenvalue weighted by molar-refractivity contribution is -0.136. The smallest absolute Gasteiger partial charge is 0.381 e. The molecule has 3 N–H and O–H groups in total. The van der Waals surface area contributed by atoms with E-state index in [0.29, 0.717) is 11.9 Å². The summed E-state index contributed by atoms with van der Waals surface area (Å²) < 4.78 is 70.7. The minimum absolute atomic E-state index is 0.0140. The zero-order valence-corrected chi connectivity index (χ0v) is 17.3. The summed E-state index contributed by atoms with van der Waals surface area (Å²) in [5.74, 6) is -2.17. The molecular weight excluding hydrogens is 471 g/mol. The second-order valence-corrected chi connectivity index (χ2v) is 7.67. The van der Waals surface area contributed by atoms with Crippen LogP contribution in [0.3, 0.4) is 0 Å². The second-order valence-electron chi connectivity index (χ2n) is 7.24. The van der Waals surface area contributed by atoms with Gasteiger partial charge in [-0.2, -0.15) is 13.2 Å². The van der Waals surface area contributed by atoms with Crippen LogP contribution in [-0.4, -0.2) is 33.0 Å². The van der Waals surface area contributed by atoms with Gasteiger partial charge in [-0.1, -0.05) is 17.7 Å². The number of amides is 1. The Balaban J connectivity index is 1.78. The number of hydrogen-bond acceptors (Lipinski definition) is 5. The van der Waals surface area contributed by atoms with Gasteiger partial charge in [-0.25, -0.2) is 23.7 Å². The van der Waals surface area contributed by atoms with Gasteiger partial charge in [-0.3, -0.25) is 4.79 Å². The van der Waals surface area contributed by atoms with Crippen molar-refractivity contribution in [1.82, 2.24) is 14.5 Å². The lowest BCUT2D eigenvalue weighted by atomic mass is 9.89. The van der Waals surface area contributed by atoms with Crippen LogP contribution < -0.4 is 11.1 Å². The molecule has 7 nitrogen and oxygen atoms in total. The van der Waals surface area contributed by atoms with Gasteiger partial charge in [0, 0.05) is 18.6 Å². The first-order chi connectivity index (χ1) is 15.5. The lowest BCUT2D eigenvalue weighted by Crippen LogP contribution is -2.40. The van der Waals surface area contributed by atoms with Crippen molar-refractivity contribution < 1.29 is 26.7 Å². The fourth-order valence-corrected chi connectivity index (χ4v) is 3.66. The van der Waals surface area contributed by atoms with Crippen LogP contribution in [0.15, 0.2) is 47.8 Å². The van der Waals surface area contributed by atoms with Crippen molar-refractivity contribution in [2.75, 3.05) is 12.0 Å². The maximum absolute atomic E-state index is 14.3. The number of fused-ring (bicyclic) bond motifs is 1. The molecular formula is C20H14ClF5N6O. The number of benzene rings is 1. The number of nitrogens with one attached hydrogen (secondary N) is 1. The Morgan fingerprint density at radius 3 is 2.70 bits per heavy atom. The van der Waals surface area contributed by atoms with Crippen LogP contribution >= 0.6 is 11.6 Å². The molecule has 0 saturated carbocycles. The van der Waals surface area contributed by atoms with Gasteiger partial charge in [-0.15, -0.1) is 0 Å². The van der Waals surface area contributed by atoms with E-state index in [0.717, 1.165) is 24.4 Å². The highest BCUT2D eigenvalue weighted by molar-refractivity contribution is 6.30. The Morgan fingerprint density at radius 2 is 2.03 bits per heavy atom. The van der Waals surface area contributed by atoms with E-state index in [9.17, 15) is 26.7 Å². The predicted octanol–water partition coefficient (Wildman–Crippen LogP) is 3.93. The zero-order chi connectivity index (χ0) is 24.0. The van der Waals surface area contributed by atoms with Gasteiger partial charge in [0.1, 0.15) is 12.2 Å². The third-order valence-electron chi connectivity index (χ3n) is 5.07. The third kappa shape index (κ3) is 4.13. The average molecular weight is 485 g/mol. The number of carbonyl (C=O) groups is 1. The number of halogens is 6. The zero-order valence-electron chi connectivity index (χ0n) is 16.5. The molecule has 2 aromatic heterocycles. The summed E-state index contributed by atoms with van der Waals surface area (Å²) in [6.07, 6.45) is -0.940. The van der Waals surface area contributed by atoms with E-state index in [1.165, 1.54) is 17.0 Å². The Kier molecular flexibility index (Phi) is 5.56. The van der Waals surface area contributed by atoms with Crippen molar-refractivity contribution in [2.45, 2.75) is 18.3 Å². The molecule has 0 bridgehead atoms. The molecule has 33 heavy (non-hydrogen) atoms. The fraction of sp³-hybridized carbons (Fsp3) is 0.200. The second kappa shape index (κ2) is 8.10. The molecule has 1 aromatic carbocycles. The van der Waals surface area contributed by atoms with Gasteiger partial charge < -0.3 is 15.6 Å². The average Bonchev–Trinajstić information content (AvgIpc) is 3.21. The largest absolute Gasteiger partial charge is 0.418 e.